The number of nitrogens with zero attached hydrogens (tertiary/aromatic N) is 4. The standard InChI is InChI=1S/C89H139N5O8/c1-6-11-16-21-26-31-36-41-46-51-64-96-80-60-56-74(57-61-80)86-91-93-88(101-86)77-69-78(89-94-92-87(102-89)75-58-62-81(63-59-75)97-65-52-47-42-37-32-27-22-17-12-7-2)71-79(70-77)90-85(95)76-72-82(98-66-53-48-43-38-33-28-23-18-13-8-3)84(100-68-55-50-45-40-35-30-25-20-15-10-5)83(73-76)99-67-54-49-44-39-34-29-24-19-14-9-4/h56-63,69-73H,6-55,64-68H2,1-5H3,(H,90,95). The third kappa shape index (κ3) is 36.4. The number of anilines is 1. The molecule has 2 aromatic heterocycles. The molecule has 0 atom stereocenters. The van der Waals surface area contributed by atoms with Crippen molar-refractivity contribution in [2.24, 2.45) is 0 Å². The van der Waals surface area contributed by atoms with Gasteiger partial charge in [-0.1, -0.05) is 324 Å². The molecule has 102 heavy (non-hydrogen) atoms. The van der Waals surface area contributed by atoms with Crippen molar-refractivity contribution >= 4 is 11.6 Å². The van der Waals surface area contributed by atoms with Crippen molar-refractivity contribution in [2.45, 2.75) is 356 Å². The van der Waals surface area contributed by atoms with Gasteiger partial charge in [-0.25, -0.2) is 0 Å². The highest BCUT2D eigenvalue weighted by Gasteiger charge is 2.23. The van der Waals surface area contributed by atoms with E-state index in [4.69, 9.17) is 32.5 Å². The van der Waals surface area contributed by atoms with Gasteiger partial charge in [0.1, 0.15) is 11.5 Å². The van der Waals surface area contributed by atoms with Crippen molar-refractivity contribution in [3.8, 4) is 74.6 Å². The minimum atomic E-state index is -0.352. The van der Waals surface area contributed by atoms with Crippen LogP contribution in [0, 0.1) is 0 Å². The van der Waals surface area contributed by atoms with Crippen LogP contribution >= 0.6 is 0 Å². The summed E-state index contributed by atoms with van der Waals surface area (Å²) in [7, 11) is 0. The van der Waals surface area contributed by atoms with E-state index >= 15 is 4.79 Å². The van der Waals surface area contributed by atoms with Crippen LogP contribution in [0.15, 0.2) is 87.7 Å². The fourth-order valence-electron chi connectivity index (χ4n) is 13.4. The summed E-state index contributed by atoms with van der Waals surface area (Å²) in [6.45, 7) is 14.3. The average molecular weight is 1410 g/mol. The molecule has 0 bridgehead atoms. The monoisotopic (exact) mass is 1410 g/mol. The zero-order valence-corrected chi connectivity index (χ0v) is 65.0. The van der Waals surface area contributed by atoms with Crippen molar-refractivity contribution in [3.05, 3.63) is 84.4 Å². The highest BCUT2D eigenvalue weighted by Crippen LogP contribution is 2.41. The SMILES string of the molecule is CCCCCCCCCCCCOc1ccc(-c2nnc(-c3cc(NC(=O)c4cc(OCCCCCCCCCCCC)c(OCCCCCCCCCCCC)c(OCCCCCCCCCCCC)c4)cc(-c4nnc(-c5ccc(OCCCCCCCCCCCC)cc5)o4)c3)o2)cc1. The summed E-state index contributed by atoms with van der Waals surface area (Å²) >= 11 is 0. The van der Waals surface area contributed by atoms with Gasteiger partial charge >= 0.3 is 0 Å². The topological polar surface area (TPSA) is 153 Å². The number of unbranched alkanes of at least 4 members (excludes halogenated alkanes) is 45. The molecule has 4 aromatic carbocycles. The van der Waals surface area contributed by atoms with Crippen molar-refractivity contribution in [3.63, 3.8) is 0 Å². The Bertz CT molecular complexity index is 2840. The first-order valence-corrected chi connectivity index (χ1v) is 42.1. The Labute approximate surface area is 619 Å². The summed E-state index contributed by atoms with van der Waals surface area (Å²) in [4.78, 5) is 15.1. The van der Waals surface area contributed by atoms with Crippen LogP contribution in [-0.4, -0.2) is 59.3 Å². The number of carbonyl (C=O) groups is 1. The van der Waals surface area contributed by atoms with E-state index < -0.39 is 0 Å². The van der Waals surface area contributed by atoms with E-state index in [1.54, 1.807) is 0 Å². The van der Waals surface area contributed by atoms with Crippen molar-refractivity contribution in [1.29, 1.82) is 0 Å². The molecule has 13 heteroatoms. The lowest BCUT2D eigenvalue weighted by molar-refractivity contribution is 0.102. The molecule has 6 aromatic rings. The summed E-state index contributed by atoms with van der Waals surface area (Å²) in [6, 6.07) is 24.8. The summed E-state index contributed by atoms with van der Waals surface area (Å²) < 4.78 is 45.5. The molecule has 0 aliphatic rings. The number of hydrogen-bond donors (Lipinski definition) is 1. The van der Waals surface area contributed by atoms with Crippen LogP contribution in [0.25, 0.3) is 45.8 Å². The zero-order valence-electron chi connectivity index (χ0n) is 65.0. The Morgan fingerprint density at radius 2 is 0.529 bits per heavy atom. The molecule has 0 fully saturated rings. The fourth-order valence-corrected chi connectivity index (χ4v) is 13.4. The minimum absolute atomic E-state index is 0.256. The van der Waals surface area contributed by atoms with Gasteiger partial charge in [0, 0.05) is 33.5 Å². The van der Waals surface area contributed by atoms with Crippen LogP contribution in [0.4, 0.5) is 5.69 Å². The second-order valence-corrected chi connectivity index (χ2v) is 29.1. The first-order valence-electron chi connectivity index (χ1n) is 42.1. The smallest absolute Gasteiger partial charge is 0.255 e. The van der Waals surface area contributed by atoms with Gasteiger partial charge in [0.25, 0.3) is 5.91 Å². The van der Waals surface area contributed by atoms with E-state index in [2.05, 4.69) is 60.3 Å². The van der Waals surface area contributed by atoms with Crippen LogP contribution in [0.3, 0.4) is 0 Å². The maximum absolute atomic E-state index is 15.1. The second kappa shape index (κ2) is 56.1. The van der Waals surface area contributed by atoms with Crippen LogP contribution in [-0.2, 0) is 0 Å². The van der Waals surface area contributed by atoms with E-state index in [0.29, 0.717) is 84.4 Å². The van der Waals surface area contributed by atoms with Crippen LogP contribution in [0.5, 0.6) is 28.7 Å². The largest absolute Gasteiger partial charge is 0.494 e. The molecule has 568 valence electrons. The normalized spacial score (nSPS) is 11.4. The first kappa shape index (κ1) is 84.6. The maximum Gasteiger partial charge on any atom is 0.255 e. The number of ether oxygens (including phenoxy) is 5. The zero-order chi connectivity index (χ0) is 71.8. The van der Waals surface area contributed by atoms with Crippen LogP contribution in [0.1, 0.15) is 366 Å². The summed E-state index contributed by atoms with van der Waals surface area (Å²) in [5.41, 5.74) is 3.47. The first-order chi connectivity index (χ1) is 50.4. The predicted octanol–water partition coefficient (Wildman–Crippen LogP) is 27.9. The van der Waals surface area contributed by atoms with Gasteiger partial charge < -0.3 is 37.8 Å². The van der Waals surface area contributed by atoms with Gasteiger partial charge in [-0.15, -0.1) is 20.4 Å². The minimum Gasteiger partial charge on any atom is -0.494 e. The molecule has 0 spiro atoms. The number of benzene rings is 4. The molecule has 1 amide bonds. The number of amides is 1. The molecule has 6 rings (SSSR count). The lowest BCUT2D eigenvalue weighted by Gasteiger charge is -2.19. The second-order valence-electron chi connectivity index (χ2n) is 29.1. The van der Waals surface area contributed by atoms with Crippen molar-refractivity contribution in [2.75, 3.05) is 38.4 Å². The highest BCUT2D eigenvalue weighted by atomic mass is 16.5. The molecule has 0 saturated carbocycles. The molecule has 13 nitrogen and oxygen atoms in total. The molecule has 0 radical (unpaired) electrons. The van der Waals surface area contributed by atoms with Crippen LogP contribution < -0.4 is 29.0 Å². The predicted molar refractivity (Wildman–Crippen MR) is 425 cm³/mol. The number of carbonyl (C=O) groups excluding carboxylic acids is 1. The lowest BCUT2D eigenvalue weighted by Crippen LogP contribution is -2.14. The lowest BCUT2D eigenvalue weighted by atomic mass is 10.1. The number of rotatable bonds is 66. The molecule has 0 unspecified atom stereocenters. The van der Waals surface area contributed by atoms with Gasteiger partial charge in [-0.2, -0.15) is 0 Å². The Hall–Kier alpha value is -6.37. The van der Waals surface area contributed by atoms with E-state index in [9.17, 15) is 0 Å². The molecular weight excluding hydrogens is 1270 g/mol. The number of aromatic nitrogens is 4. The number of nitrogens with one attached hydrogen (secondary N) is 1. The van der Waals surface area contributed by atoms with Gasteiger partial charge in [-0.05, 0) is 111 Å². The van der Waals surface area contributed by atoms with Gasteiger partial charge in [0.05, 0.1) is 33.0 Å². The Morgan fingerprint density at radius 3 is 0.814 bits per heavy atom. The van der Waals surface area contributed by atoms with E-state index in [0.717, 1.165) is 74.0 Å². The average Bonchev–Trinajstić information content (AvgIpc) is 1.42. The molecule has 0 saturated heterocycles. The molecular formula is C89H139N5O8. The number of hydrogen-bond acceptors (Lipinski definition) is 12. The Morgan fingerprint density at radius 1 is 0.284 bits per heavy atom. The van der Waals surface area contributed by atoms with E-state index in [-0.39, 0.29) is 17.7 Å². The quantitative estimate of drug-likeness (QED) is 0.0362. The third-order valence-electron chi connectivity index (χ3n) is 19.8. The molecule has 1 N–H and O–H groups in total. The van der Waals surface area contributed by atoms with Crippen molar-refractivity contribution < 1.29 is 37.3 Å². The third-order valence-corrected chi connectivity index (χ3v) is 19.8. The fraction of sp³-hybridized carbons (Fsp3) is 0.674. The molecule has 2 heterocycles. The van der Waals surface area contributed by atoms with Gasteiger partial charge in [-0.3, -0.25) is 4.79 Å². The van der Waals surface area contributed by atoms with E-state index in [1.165, 1.54) is 270 Å². The maximum atomic E-state index is 15.1. The van der Waals surface area contributed by atoms with Gasteiger partial charge in [0.15, 0.2) is 11.5 Å². The van der Waals surface area contributed by atoms with Crippen molar-refractivity contribution in [1.82, 2.24) is 20.4 Å². The molecule has 0 aliphatic carbocycles. The van der Waals surface area contributed by atoms with Gasteiger partial charge in [0.2, 0.25) is 29.3 Å². The van der Waals surface area contributed by atoms with Crippen LogP contribution in [0.2, 0.25) is 0 Å². The summed E-state index contributed by atoms with van der Waals surface area (Å²) in [5.74, 6) is 4.09. The van der Waals surface area contributed by atoms with E-state index in [1.807, 2.05) is 78.9 Å². The molecule has 0 aliphatic heterocycles. The summed E-state index contributed by atoms with van der Waals surface area (Å²) in [6.07, 6.45) is 62.5. The Kier molecular flexibility index (Phi) is 46.5. The Balaban J connectivity index is 1.22. The highest BCUT2D eigenvalue weighted by molar-refractivity contribution is 6.05. The summed E-state index contributed by atoms with van der Waals surface area (Å²) in [5, 5.41) is 21.4.